The monoisotopic (exact) mass is 447 g/mol. The summed E-state index contributed by atoms with van der Waals surface area (Å²) in [5.41, 5.74) is 0.732. The molecule has 170 valence electrons. The number of hydrogen-bond acceptors (Lipinski definition) is 4. The predicted molar refractivity (Wildman–Crippen MR) is 116 cm³/mol. The van der Waals surface area contributed by atoms with Crippen LogP contribution >= 0.6 is 0 Å². The maximum atomic E-state index is 13.0. The number of halogens is 3. The fourth-order valence-electron chi connectivity index (χ4n) is 4.00. The lowest BCUT2D eigenvalue weighted by atomic mass is 10.1. The molecular weight excluding hydrogens is 423 g/mol. The van der Waals surface area contributed by atoms with Gasteiger partial charge in [0.05, 0.1) is 16.6 Å². The Hall–Kier alpha value is -3.27. The van der Waals surface area contributed by atoms with E-state index in [0.29, 0.717) is 56.0 Å². The zero-order valence-corrected chi connectivity index (χ0v) is 17.6. The van der Waals surface area contributed by atoms with Gasteiger partial charge in [-0.1, -0.05) is 18.2 Å². The van der Waals surface area contributed by atoms with Crippen molar-refractivity contribution in [3.8, 4) is 0 Å². The number of carbonyl (C=O) groups excluding carboxylic acids is 1. The third-order valence-electron chi connectivity index (χ3n) is 5.78. The number of hydrogen-bond donors (Lipinski definition) is 1. The van der Waals surface area contributed by atoms with Gasteiger partial charge in [0.15, 0.2) is 0 Å². The van der Waals surface area contributed by atoms with E-state index in [1.807, 2.05) is 11.0 Å². The van der Waals surface area contributed by atoms with Crippen molar-refractivity contribution in [1.29, 1.82) is 0 Å². The summed E-state index contributed by atoms with van der Waals surface area (Å²) in [6, 6.07) is 12.0. The Kier molecular flexibility index (Phi) is 5.96. The molecule has 0 atom stereocenters. The van der Waals surface area contributed by atoms with Crippen LogP contribution in [0.4, 0.5) is 23.7 Å². The smallest absolute Gasteiger partial charge is 0.369 e. The van der Waals surface area contributed by atoms with Gasteiger partial charge in [0.25, 0.3) is 0 Å². The number of carbonyl (C=O) groups is 1. The van der Waals surface area contributed by atoms with Crippen LogP contribution in [-0.4, -0.2) is 59.3 Å². The van der Waals surface area contributed by atoms with Crippen LogP contribution in [0, 0.1) is 0 Å². The number of aromatic nitrogens is 2. The molecule has 3 aromatic rings. The highest BCUT2D eigenvalue weighted by Gasteiger charge is 2.31. The molecule has 10 heteroatoms. The van der Waals surface area contributed by atoms with Gasteiger partial charge in [-0.05, 0) is 30.3 Å². The van der Waals surface area contributed by atoms with Gasteiger partial charge in [0, 0.05) is 52.0 Å². The van der Waals surface area contributed by atoms with E-state index in [4.69, 9.17) is 0 Å². The summed E-state index contributed by atoms with van der Waals surface area (Å²) < 4.78 is 41.4. The lowest BCUT2D eigenvalue weighted by Gasteiger charge is -2.36. The van der Waals surface area contributed by atoms with Gasteiger partial charge in [-0.25, -0.2) is 14.2 Å². The summed E-state index contributed by atoms with van der Waals surface area (Å²) in [5, 5.41) is 2.79. The molecule has 0 spiro atoms. The van der Waals surface area contributed by atoms with Crippen molar-refractivity contribution in [2.75, 3.05) is 44.2 Å². The maximum absolute atomic E-state index is 13.0. The summed E-state index contributed by atoms with van der Waals surface area (Å²) in [5.74, 6) is 0. The molecule has 2 heterocycles. The number of anilines is 1. The zero-order valence-electron chi connectivity index (χ0n) is 17.6. The fourth-order valence-corrected chi connectivity index (χ4v) is 4.00. The van der Waals surface area contributed by atoms with Crippen LogP contribution in [-0.2, 0) is 13.2 Å². The molecule has 1 aliphatic heterocycles. The quantitative estimate of drug-likeness (QED) is 0.668. The Labute approximate surface area is 182 Å². The van der Waals surface area contributed by atoms with E-state index < -0.39 is 23.5 Å². The average Bonchev–Trinajstić information content (AvgIpc) is 3.04. The van der Waals surface area contributed by atoms with Crippen LogP contribution in [0.2, 0.25) is 0 Å². The Morgan fingerprint density at radius 1 is 1.00 bits per heavy atom. The van der Waals surface area contributed by atoms with Gasteiger partial charge in [-0.3, -0.25) is 9.47 Å². The minimum atomic E-state index is -4.36. The number of benzene rings is 2. The van der Waals surface area contributed by atoms with E-state index in [1.165, 1.54) is 16.7 Å². The Morgan fingerprint density at radius 2 is 1.69 bits per heavy atom. The minimum Gasteiger partial charge on any atom is -0.369 e. The number of amides is 1. The molecule has 2 aromatic carbocycles. The minimum absolute atomic E-state index is 0.359. The third kappa shape index (κ3) is 4.36. The second-order valence-corrected chi connectivity index (χ2v) is 7.77. The summed E-state index contributed by atoms with van der Waals surface area (Å²) in [6.07, 6.45) is -4.36. The van der Waals surface area contributed by atoms with Crippen molar-refractivity contribution in [2.45, 2.75) is 6.18 Å². The first-order chi connectivity index (χ1) is 15.3. The van der Waals surface area contributed by atoms with E-state index in [-0.39, 0.29) is 0 Å². The molecule has 4 rings (SSSR count). The lowest BCUT2D eigenvalue weighted by molar-refractivity contribution is -0.137. The first-order valence-corrected chi connectivity index (χ1v) is 10.3. The van der Waals surface area contributed by atoms with E-state index in [9.17, 15) is 22.8 Å². The topological polar surface area (TPSA) is 62.5 Å². The summed E-state index contributed by atoms with van der Waals surface area (Å²) in [4.78, 5) is 29.1. The molecule has 1 saturated heterocycles. The molecule has 0 saturated carbocycles. The van der Waals surface area contributed by atoms with Crippen molar-refractivity contribution in [1.82, 2.24) is 19.4 Å². The summed E-state index contributed by atoms with van der Waals surface area (Å²) in [7, 11) is 1.62. The van der Waals surface area contributed by atoms with Crippen LogP contribution in [0.1, 0.15) is 5.56 Å². The van der Waals surface area contributed by atoms with Crippen molar-refractivity contribution in [2.24, 2.45) is 7.05 Å². The molecule has 1 N–H and O–H groups in total. The Morgan fingerprint density at radius 3 is 2.38 bits per heavy atom. The van der Waals surface area contributed by atoms with Crippen molar-refractivity contribution < 1.29 is 18.0 Å². The maximum Gasteiger partial charge on any atom is 0.416 e. The zero-order chi connectivity index (χ0) is 22.9. The largest absolute Gasteiger partial charge is 0.416 e. The number of nitrogens with one attached hydrogen (secondary N) is 1. The lowest BCUT2D eigenvalue weighted by Crippen LogP contribution is -2.49. The van der Waals surface area contributed by atoms with E-state index in [0.717, 1.165) is 10.6 Å². The molecule has 1 fully saturated rings. The Balaban J connectivity index is 1.31. The molecule has 32 heavy (non-hydrogen) atoms. The molecule has 0 bridgehead atoms. The third-order valence-corrected chi connectivity index (χ3v) is 5.78. The SMILES string of the molecule is Cn1c(=O)n(C(=O)NCCN2CCN(c3cccc(C(F)(F)F)c3)CC2)c2ccccc21. The number of fused-ring (bicyclic) bond motifs is 1. The highest BCUT2D eigenvalue weighted by atomic mass is 19.4. The number of alkyl halides is 3. The number of rotatable bonds is 4. The van der Waals surface area contributed by atoms with Gasteiger partial charge < -0.3 is 10.2 Å². The average molecular weight is 447 g/mol. The number of aryl methyl sites for hydroxylation is 1. The molecular formula is C22H24F3N5O2. The molecule has 7 nitrogen and oxygen atoms in total. The molecule has 1 aliphatic rings. The normalized spacial score (nSPS) is 15.3. The number of para-hydroxylation sites is 2. The van der Waals surface area contributed by atoms with Crippen molar-refractivity contribution in [3.63, 3.8) is 0 Å². The molecule has 0 unspecified atom stereocenters. The van der Waals surface area contributed by atoms with Crippen LogP contribution in [0.3, 0.4) is 0 Å². The van der Waals surface area contributed by atoms with Gasteiger partial charge in [0.2, 0.25) is 0 Å². The van der Waals surface area contributed by atoms with Crippen LogP contribution in [0.25, 0.3) is 11.0 Å². The first-order valence-electron chi connectivity index (χ1n) is 10.3. The van der Waals surface area contributed by atoms with Crippen molar-refractivity contribution >= 4 is 22.8 Å². The predicted octanol–water partition coefficient (Wildman–Crippen LogP) is 2.74. The van der Waals surface area contributed by atoms with E-state index in [2.05, 4.69) is 10.2 Å². The summed E-state index contributed by atoms with van der Waals surface area (Å²) >= 11 is 0. The van der Waals surface area contributed by atoms with Gasteiger partial charge >= 0.3 is 17.9 Å². The van der Waals surface area contributed by atoms with Crippen LogP contribution in [0.15, 0.2) is 53.3 Å². The van der Waals surface area contributed by atoms with Crippen LogP contribution < -0.4 is 15.9 Å². The standard InChI is InChI=1S/C22H24F3N5O2/c1-27-18-7-2-3-8-19(18)30(21(27)32)20(31)26-9-10-28-11-13-29(14-12-28)17-6-4-5-16(15-17)22(23,24)25/h2-8,15H,9-14H2,1H3,(H,26,31). The number of nitrogens with zero attached hydrogens (tertiary/aromatic N) is 4. The second kappa shape index (κ2) is 8.70. The molecule has 1 aromatic heterocycles. The molecule has 1 amide bonds. The second-order valence-electron chi connectivity index (χ2n) is 7.77. The van der Waals surface area contributed by atoms with Gasteiger partial charge in [-0.2, -0.15) is 13.2 Å². The van der Waals surface area contributed by atoms with E-state index >= 15 is 0 Å². The number of piperazine rings is 1. The van der Waals surface area contributed by atoms with Gasteiger partial charge in [0.1, 0.15) is 0 Å². The highest BCUT2D eigenvalue weighted by molar-refractivity contribution is 5.89. The van der Waals surface area contributed by atoms with Gasteiger partial charge in [-0.15, -0.1) is 0 Å². The Bertz CT molecular complexity index is 1180. The molecule has 0 aliphatic carbocycles. The van der Waals surface area contributed by atoms with E-state index in [1.54, 1.807) is 31.3 Å². The fraction of sp³-hybridized carbons (Fsp3) is 0.364. The first kappa shape index (κ1) is 21.9. The highest BCUT2D eigenvalue weighted by Crippen LogP contribution is 2.31. The molecule has 0 radical (unpaired) electrons. The number of imidazole rings is 1. The van der Waals surface area contributed by atoms with Crippen LogP contribution in [0.5, 0.6) is 0 Å². The summed E-state index contributed by atoms with van der Waals surface area (Å²) in [6.45, 7) is 3.47. The van der Waals surface area contributed by atoms with Crippen molar-refractivity contribution in [3.05, 3.63) is 64.6 Å².